The lowest BCUT2D eigenvalue weighted by Gasteiger charge is -2.25. The summed E-state index contributed by atoms with van der Waals surface area (Å²) in [6, 6.07) is 64.6. The number of furan rings is 2. The number of fused-ring (bicyclic) bond motifs is 12. The molecule has 0 N–H and O–H groups in total. The largest absolute Gasteiger partial charge is 0.456 e. The molecule has 6 heteroatoms. The van der Waals surface area contributed by atoms with Crippen molar-refractivity contribution in [2.75, 3.05) is 0 Å². The summed E-state index contributed by atoms with van der Waals surface area (Å²) in [4.78, 5) is 4.53. The van der Waals surface area contributed by atoms with E-state index in [0.717, 1.165) is 104 Å². The zero-order chi connectivity index (χ0) is 41.1. The predicted octanol–water partition coefficient (Wildman–Crippen LogP) is 15.4. The highest BCUT2D eigenvalue weighted by Gasteiger charge is 2.32. The van der Waals surface area contributed by atoms with Gasteiger partial charge in [-0.2, -0.15) is 5.26 Å². The molecule has 0 saturated carbocycles. The van der Waals surface area contributed by atoms with Crippen LogP contribution in [0.1, 0.15) is 5.56 Å². The highest BCUT2D eigenvalue weighted by Crippen LogP contribution is 2.53. The van der Waals surface area contributed by atoms with E-state index in [9.17, 15) is 11.8 Å². The summed E-state index contributed by atoms with van der Waals surface area (Å²) in [6.07, 6.45) is 0. The molecule has 0 bridgehead atoms. The average molecular weight is 791 g/mol. The van der Waals surface area contributed by atoms with E-state index < -0.39 is 0 Å². The second kappa shape index (κ2) is 12.8. The van der Waals surface area contributed by atoms with Gasteiger partial charge in [0.15, 0.2) is 0 Å². The zero-order valence-corrected chi connectivity index (χ0v) is 32.9. The summed E-state index contributed by atoms with van der Waals surface area (Å²) in [6.45, 7) is 9.29. The Hall–Kier alpha value is -8.84. The molecule has 4 heterocycles. The van der Waals surface area contributed by atoms with Gasteiger partial charge in [-0.1, -0.05) is 121 Å². The lowest BCUT2D eigenvalue weighted by molar-refractivity contribution is 0.668. The highest BCUT2D eigenvalue weighted by atomic mass is 16.3. The molecule has 0 aliphatic heterocycles. The van der Waals surface area contributed by atoms with Gasteiger partial charge in [0.1, 0.15) is 28.4 Å². The van der Waals surface area contributed by atoms with Crippen molar-refractivity contribution in [1.82, 2.24) is 9.13 Å². The smallest absolute Gasteiger partial charge is 0.221 e. The van der Waals surface area contributed by atoms with Crippen LogP contribution in [0.5, 0.6) is 0 Å². The normalized spacial score (nSPS) is 11.8. The molecule has 62 heavy (non-hydrogen) atoms. The summed E-state index contributed by atoms with van der Waals surface area (Å²) < 4.78 is 17.2. The fourth-order valence-corrected chi connectivity index (χ4v) is 10.0. The van der Waals surface area contributed by atoms with Crippen molar-refractivity contribution < 1.29 is 8.83 Å². The molecular weight excluding hydrogens is 761 g/mol. The number of para-hydroxylation sites is 6. The number of nitrogens with zero attached hydrogens (tertiary/aromatic N) is 4. The highest BCUT2D eigenvalue weighted by molar-refractivity contribution is 6.16. The van der Waals surface area contributed by atoms with E-state index in [0.29, 0.717) is 28.1 Å². The van der Waals surface area contributed by atoms with Crippen molar-refractivity contribution in [3.05, 3.63) is 199 Å². The monoisotopic (exact) mass is 790 g/mol. The van der Waals surface area contributed by atoms with Crippen LogP contribution in [0, 0.1) is 17.9 Å². The molecule has 13 aromatic rings. The molecule has 4 aromatic heterocycles. The van der Waals surface area contributed by atoms with Crippen LogP contribution in [-0.4, -0.2) is 9.13 Å². The first-order chi connectivity index (χ1) is 30.7. The maximum atomic E-state index is 11.9. The summed E-state index contributed by atoms with van der Waals surface area (Å²) in [5, 5.41) is 20.0. The quantitative estimate of drug-likeness (QED) is 0.167. The summed E-state index contributed by atoms with van der Waals surface area (Å²) in [5.41, 5.74) is 11.9. The number of hydrogen-bond acceptors (Lipinski definition) is 3. The minimum Gasteiger partial charge on any atom is -0.456 e. The van der Waals surface area contributed by atoms with Crippen molar-refractivity contribution >= 4 is 93.2 Å². The van der Waals surface area contributed by atoms with Gasteiger partial charge in [0.25, 0.3) is 0 Å². The predicted molar refractivity (Wildman–Crippen MR) is 252 cm³/mol. The molecule has 0 spiro atoms. The fraction of sp³-hybridized carbons (Fsp3) is 0. The Kier molecular flexibility index (Phi) is 7.05. The first-order valence-electron chi connectivity index (χ1n) is 20.5. The molecule has 0 aliphatic carbocycles. The van der Waals surface area contributed by atoms with Crippen LogP contribution in [-0.2, 0) is 0 Å². The standard InChI is InChI=1S/C56H30N4O2/c1-58-54-53(34-27-29-51-42(31-34)40-19-7-13-25-49(40)62-51)56(60-46-22-10-4-16-37(46)38-17-5-11-23-47(38)60)52(33-26-28-50-41(30-33)39-18-6-12-24-48(39)61-50)43(32-57)55(54)59-44-20-8-2-14-35(44)36-15-3-9-21-45(36)59/h2-31H. The molecule has 0 atom stereocenters. The lowest BCUT2D eigenvalue weighted by Crippen LogP contribution is -2.08. The molecule has 9 aromatic carbocycles. The van der Waals surface area contributed by atoms with Gasteiger partial charge in [-0.05, 0) is 71.8 Å². The van der Waals surface area contributed by atoms with Gasteiger partial charge >= 0.3 is 0 Å². The molecule has 286 valence electrons. The molecule has 13 rings (SSSR count). The van der Waals surface area contributed by atoms with Crippen molar-refractivity contribution in [3.8, 4) is 39.7 Å². The second-order valence-corrected chi connectivity index (χ2v) is 15.8. The minimum absolute atomic E-state index is 0.371. The molecule has 6 nitrogen and oxygen atoms in total. The number of aromatic nitrogens is 2. The zero-order valence-electron chi connectivity index (χ0n) is 32.9. The Balaban J connectivity index is 1.31. The Morgan fingerprint density at radius 2 is 0.774 bits per heavy atom. The first-order valence-corrected chi connectivity index (χ1v) is 20.5. The second-order valence-electron chi connectivity index (χ2n) is 15.8. The van der Waals surface area contributed by atoms with Crippen molar-refractivity contribution in [3.63, 3.8) is 0 Å². The van der Waals surface area contributed by atoms with Crippen LogP contribution < -0.4 is 0 Å². The third-order valence-corrected chi connectivity index (χ3v) is 12.6. The topological polar surface area (TPSA) is 64.3 Å². The summed E-state index contributed by atoms with van der Waals surface area (Å²) >= 11 is 0. The first kappa shape index (κ1) is 34.1. The van der Waals surface area contributed by atoms with Crippen LogP contribution in [0.25, 0.3) is 126 Å². The van der Waals surface area contributed by atoms with E-state index in [1.54, 1.807) is 0 Å². The summed E-state index contributed by atoms with van der Waals surface area (Å²) in [5.74, 6) is 0. The molecule has 0 radical (unpaired) electrons. The van der Waals surface area contributed by atoms with Crippen molar-refractivity contribution in [2.24, 2.45) is 0 Å². The molecule has 0 aliphatic rings. The minimum atomic E-state index is 0.371. The van der Waals surface area contributed by atoms with E-state index in [2.05, 4.69) is 129 Å². The number of hydrogen-bond donors (Lipinski definition) is 0. The maximum absolute atomic E-state index is 11.9. The molecule has 0 saturated heterocycles. The van der Waals surface area contributed by atoms with Crippen molar-refractivity contribution in [1.29, 1.82) is 5.26 Å². The van der Waals surface area contributed by atoms with Gasteiger partial charge in [0.2, 0.25) is 5.69 Å². The van der Waals surface area contributed by atoms with Gasteiger partial charge < -0.3 is 18.0 Å². The van der Waals surface area contributed by atoms with Crippen LogP contribution in [0.2, 0.25) is 0 Å². The van der Waals surface area contributed by atoms with Crippen LogP contribution in [0.15, 0.2) is 191 Å². The number of nitriles is 1. The maximum Gasteiger partial charge on any atom is 0.221 e. The van der Waals surface area contributed by atoms with E-state index in [1.807, 2.05) is 72.8 Å². The number of benzene rings is 9. The lowest BCUT2D eigenvalue weighted by atomic mass is 9.87. The SMILES string of the molecule is [C-]#[N+]c1c(-c2ccc3oc4ccccc4c3c2)c(-n2c3ccccc3c3ccccc32)c(-c2ccc3oc4ccccc4c3c2)c(C#N)c1-n1c2ccccc2c2ccccc21. The average Bonchev–Trinajstić information content (AvgIpc) is 4.08. The molecule has 0 amide bonds. The van der Waals surface area contributed by atoms with Gasteiger partial charge in [0.05, 0.1) is 45.6 Å². The number of rotatable bonds is 4. The van der Waals surface area contributed by atoms with Crippen LogP contribution in [0.4, 0.5) is 5.69 Å². The van der Waals surface area contributed by atoms with E-state index >= 15 is 0 Å². The Labute approximate surface area is 353 Å². The molecular formula is C56H30N4O2. The van der Waals surface area contributed by atoms with Crippen LogP contribution >= 0.6 is 0 Å². The van der Waals surface area contributed by atoms with E-state index in [1.165, 1.54) is 0 Å². The third kappa shape index (κ3) is 4.61. The van der Waals surface area contributed by atoms with Gasteiger partial charge in [0, 0.05) is 54.2 Å². The third-order valence-electron chi connectivity index (χ3n) is 12.6. The summed E-state index contributed by atoms with van der Waals surface area (Å²) in [7, 11) is 0. The molecule has 0 unspecified atom stereocenters. The van der Waals surface area contributed by atoms with Gasteiger partial charge in [-0.3, -0.25) is 0 Å². The Morgan fingerprint density at radius 3 is 1.21 bits per heavy atom. The van der Waals surface area contributed by atoms with Gasteiger partial charge in [-0.15, -0.1) is 0 Å². The molecule has 0 fully saturated rings. The van der Waals surface area contributed by atoms with Gasteiger partial charge in [-0.25, -0.2) is 4.85 Å². The Morgan fingerprint density at radius 1 is 0.403 bits per heavy atom. The fourth-order valence-electron chi connectivity index (χ4n) is 10.0. The van der Waals surface area contributed by atoms with Crippen molar-refractivity contribution in [2.45, 2.75) is 0 Å². The Bertz CT molecular complexity index is 3880. The van der Waals surface area contributed by atoms with E-state index in [4.69, 9.17) is 8.83 Å². The van der Waals surface area contributed by atoms with E-state index in [-0.39, 0.29) is 0 Å². The van der Waals surface area contributed by atoms with Crippen LogP contribution in [0.3, 0.4) is 0 Å².